The Kier molecular flexibility index (Phi) is 4.36. The molecular weight excluding hydrogens is 230 g/mol. The van der Waals surface area contributed by atoms with Gasteiger partial charge in [-0.25, -0.2) is 0 Å². The molecule has 0 fully saturated rings. The van der Waals surface area contributed by atoms with E-state index in [1.165, 1.54) is 0 Å². The van der Waals surface area contributed by atoms with E-state index in [4.69, 9.17) is 0 Å². The molecule has 0 radical (unpaired) electrons. The quantitative estimate of drug-likeness (QED) is 0.358. The first-order chi connectivity index (χ1) is 4.89. The van der Waals surface area contributed by atoms with Crippen LogP contribution in [-0.2, 0) is 7.05 Å². The fourth-order valence-electron chi connectivity index (χ4n) is 0.244. The summed E-state index contributed by atoms with van der Waals surface area (Å²) >= 11 is 0.550. The summed E-state index contributed by atoms with van der Waals surface area (Å²) in [6, 6.07) is 0. The Labute approximate surface area is 66.7 Å². The monoisotopic (exact) mass is 236 g/mol. The topological polar surface area (TPSA) is 16.8 Å². The average molecular weight is 235 g/mol. The number of rotatable bonds is 0. The molecule has 0 unspecified atom stereocenters. The molecule has 11 heavy (non-hydrogen) atoms. The van der Waals surface area contributed by atoms with E-state index in [0.29, 0.717) is 14.5 Å². The Morgan fingerprint density at radius 1 is 1.36 bits per heavy atom. The van der Waals surface area contributed by atoms with E-state index in [9.17, 15) is 17.3 Å². The molecule has 8 heteroatoms. The molecule has 1 rings (SSSR count). The molecule has 0 N–H and O–H groups in total. The summed E-state index contributed by atoms with van der Waals surface area (Å²) in [5.74, 6) is 0. The fourth-order valence-corrected chi connectivity index (χ4v) is 1.27. The third-order valence-corrected chi connectivity index (χ3v) is 1.85. The van der Waals surface area contributed by atoms with Crippen LogP contribution in [0.1, 0.15) is 0 Å². The molecule has 0 saturated heterocycles. The van der Waals surface area contributed by atoms with Crippen molar-refractivity contribution in [3.05, 3.63) is 10.1 Å². The Hall–Kier alpha value is -0.356. The van der Waals surface area contributed by atoms with Crippen molar-refractivity contribution < 1.29 is 21.9 Å². The van der Waals surface area contributed by atoms with Crippen LogP contribution in [0, 0.1) is 0 Å². The third kappa shape index (κ3) is 12.8. The number of nitrogens with zero attached hydrogens (tertiary/aromatic N) is 2. The normalized spacial score (nSPS) is 10.3. The van der Waals surface area contributed by atoms with Crippen molar-refractivity contribution in [1.29, 1.82) is 0 Å². The summed E-state index contributed by atoms with van der Waals surface area (Å²) in [4.78, 5) is 0. The Bertz CT molecular complexity index is 180. The van der Waals surface area contributed by atoms with Crippen LogP contribution in [0.3, 0.4) is 0 Å². The molecule has 0 aliphatic carbocycles. The standard InChI is InChI=1S/C3H5N2Se.BF4/c1-5-3-6-2-4-5;2-1(3,4)5/h2-3H,1H3;/q+1;-1. The van der Waals surface area contributed by atoms with Crippen molar-refractivity contribution in [3.8, 4) is 0 Å². The van der Waals surface area contributed by atoms with Crippen molar-refractivity contribution in [2.24, 2.45) is 7.05 Å². The molecule has 0 atom stereocenters. The van der Waals surface area contributed by atoms with Crippen molar-refractivity contribution >= 4 is 21.8 Å². The molecule has 1 heterocycles. The van der Waals surface area contributed by atoms with Gasteiger partial charge in [0.2, 0.25) is 0 Å². The SMILES string of the molecule is C[n+]1c[se]cn1.F[B-](F)(F)F. The van der Waals surface area contributed by atoms with E-state index in [1.54, 1.807) is 0 Å². The first-order valence-electron chi connectivity index (χ1n) is 2.51. The first-order valence-corrected chi connectivity index (χ1v) is 4.49. The largest absolute Gasteiger partial charge is 0.673 e. The van der Waals surface area contributed by atoms with Gasteiger partial charge >= 0.3 is 48.7 Å². The number of halogens is 4. The van der Waals surface area contributed by atoms with Gasteiger partial charge in [-0.15, -0.1) is 0 Å². The Morgan fingerprint density at radius 3 is 1.91 bits per heavy atom. The van der Waals surface area contributed by atoms with Gasteiger partial charge in [0.15, 0.2) is 0 Å². The van der Waals surface area contributed by atoms with Gasteiger partial charge in [0.25, 0.3) is 0 Å². The van der Waals surface area contributed by atoms with E-state index >= 15 is 0 Å². The van der Waals surface area contributed by atoms with Gasteiger partial charge in [-0.05, 0) is 0 Å². The number of hydrogen-bond donors (Lipinski definition) is 0. The molecular formula is C3H5BF4N2Se. The summed E-state index contributed by atoms with van der Waals surface area (Å²) in [5, 5.41) is 7.93. The van der Waals surface area contributed by atoms with Gasteiger partial charge in [-0.2, -0.15) is 0 Å². The minimum Gasteiger partial charge on any atom is -0.418 e. The summed E-state index contributed by atoms with van der Waals surface area (Å²) in [6.07, 6.45) is 0. The van der Waals surface area contributed by atoms with Crippen molar-refractivity contribution in [2.75, 3.05) is 0 Å². The van der Waals surface area contributed by atoms with E-state index in [0.717, 1.165) is 0 Å². The molecule has 0 bridgehead atoms. The molecule has 0 aliphatic heterocycles. The van der Waals surface area contributed by atoms with E-state index in [1.807, 2.05) is 16.8 Å². The van der Waals surface area contributed by atoms with Crippen LogP contribution in [0.15, 0.2) is 10.1 Å². The second-order valence-corrected chi connectivity index (χ2v) is 2.99. The minimum absolute atomic E-state index is 0.550. The summed E-state index contributed by atoms with van der Waals surface area (Å²) in [6.45, 7) is 0. The van der Waals surface area contributed by atoms with Gasteiger partial charge in [0.1, 0.15) is 0 Å². The zero-order valence-corrected chi connectivity index (χ0v) is 7.26. The summed E-state index contributed by atoms with van der Waals surface area (Å²) < 4.78 is 40.8. The van der Waals surface area contributed by atoms with E-state index in [-0.39, 0.29) is 0 Å². The van der Waals surface area contributed by atoms with Crippen molar-refractivity contribution in [3.63, 3.8) is 0 Å². The molecule has 1 aromatic rings. The van der Waals surface area contributed by atoms with Crippen LogP contribution in [-0.4, -0.2) is 26.9 Å². The zero-order valence-electron chi connectivity index (χ0n) is 5.55. The Balaban J connectivity index is 0.000000187. The summed E-state index contributed by atoms with van der Waals surface area (Å²) in [5.41, 5.74) is 0. The zero-order chi connectivity index (χ0) is 8.91. The molecule has 0 aliphatic rings. The predicted molar refractivity (Wildman–Crippen MR) is 32.5 cm³/mol. The molecule has 0 saturated carbocycles. The maximum absolute atomic E-state index is 9.75. The minimum atomic E-state index is -6.00. The van der Waals surface area contributed by atoms with Gasteiger partial charge in [-0.3, -0.25) is 0 Å². The fraction of sp³-hybridized carbons (Fsp3) is 0.333. The predicted octanol–water partition coefficient (Wildman–Crippen LogP) is 0.263. The molecule has 0 aromatic carbocycles. The van der Waals surface area contributed by atoms with Crippen LogP contribution < -0.4 is 4.68 Å². The van der Waals surface area contributed by atoms with Crippen LogP contribution in [0.2, 0.25) is 0 Å². The van der Waals surface area contributed by atoms with Crippen molar-refractivity contribution in [2.45, 2.75) is 0 Å². The number of aryl methyl sites for hydroxylation is 1. The maximum Gasteiger partial charge on any atom is 0.673 e. The van der Waals surface area contributed by atoms with Gasteiger partial charge in [-0.1, -0.05) is 0 Å². The van der Waals surface area contributed by atoms with Crippen molar-refractivity contribution in [1.82, 2.24) is 5.10 Å². The number of aromatic nitrogens is 2. The number of hydrogen-bond acceptors (Lipinski definition) is 1. The molecule has 0 amide bonds. The van der Waals surface area contributed by atoms with Crippen LogP contribution in [0.4, 0.5) is 17.3 Å². The van der Waals surface area contributed by atoms with Gasteiger partial charge in [0, 0.05) is 0 Å². The average Bonchev–Trinajstić information content (AvgIpc) is 2.12. The summed E-state index contributed by atoms with van der Waals surface area (Å²) in [7, 11) is -4.06. The van der Waals surface area contributed by atoms with Crippen LogP contribution >= 0.6 is 0 Å². The first kappa shape index (κ1) is 10.6. The van der Waals surface area contributed by atoms with E-state index in [2.05, 4.69) is 10.2 Å². The molecule has 0 spiro atoms. The molecule has 2 nitrogen and oxygen atoms in total. The smallest absolute Gasteiger partial charge is 0.418 e. The van der Waals surface area contributed by atoms with Crippen LogP contribution in [0.5, 0.6) is 0 Å². The second-order valence-electron chi connectivity index (χ2n) is 1.53. The third-order valence-electron chi connectivity index (χ3n) is 0.504. The van der Waals surface area contributed by atoms with Crippen LogP contribution in [0.25, 0.3) is 0 Å². The molecule has 1 aromatic heterocycles. The maximum atomic E-state index is 9.75. The van der Waals surface area contributed by atoms with Gasteiger partial charge < -0.3 is 17.3 Å². The van der Waals surface area contributed by atoms with E-state index < -0.39 is 7.25 Å². The Morgan fingerprint density at radius 2 is 1.82 bits per heavy atom. The molecule has 64 valence electrons. The van der Waals surface area contributed by atoms with Gasteiger partial charge in [0.05, 0.1) is 0 Å². The second kappa shape index (κ2) is 4.51.